The van der Waals surface area contributed by atoms with Gasteiger partial charge >= 0.3 is 0 Å². The van der Waals surface area contributed by atoms with Gasteiger partial charge in [-0.25, -0.2) is 0 Å². The van der Waals surface area contributed by atoms with E-state index < -0.39 is 0 Å². The maximum absolute atomic E-state index is 12.4. The lowest BCUT2D eigenvalue weighted by atomic mass is 9.99. The number of carbonyl (C=O) groups excluding carboxylic acids is 1. The van der Waals surface area contributed by atoms with Gasteiger partial charge in [0.25, 0.3) is 0 Å². The quantitative estimate of drug-likeness (QED) is 0.889. The van der Waals surface area contributed by atoms with E-state index in [9.17, 15) is 4.79 Å². The van der Waals surface area contributed by atoms with Gasteiger partial charge in [0.05, 0.1) is 0 Å². The van der Waals surface area contributed by atoms with Gasteiger partial charge in [0.1, 0.15) is 6.04 Å². The van der Waals surface area contributed by atoms with Gasteiger partial charge in [0.15, 0.2) is 0 Å². The molecule has 0 bridgehead atoms. The molecule has 4 nitrogen and oxygen atoms in total. The lowest BCUT2D eigenvalue weighted by molar-refractivity contribution is -0.136. The number of benzene rings is 1. The second kappa shape index (κ2) is 7.57. The van der Waals surface area contributed by atoms with Gasteiger partial charge in [-0.3, -0.25) is 9.69 Å². The van der Waals surface area contributed by atoms with Crippen molar-refractivity contribution in [3.63, 3.8) is 0 Å². The minimum Gasteiger partial charge on any atom is -0.347 e. The minimum atomic E-state index is -0.0394. The third-order valence-corrected chi connectivity index (χ3v) is 4.27. The Morgan fingerprint density at radius 2 is 2.10 bits per heavy atom. The molecule has 21 heavy (non-hydrogen) atoms. The summed E-state index contributed by atoms with van der Waals surface area (Å²) in [7, 11) is 3.68. The summed E-state index contributed by atoms with van der Waals surface area (Å²) >= 11 is 0. The molecular weight excluding hydrogens is 262 g/mol. The highest BCUT2D eigenvalue weighted by Gasteiger charge is 2.33. The Hall–Kier alpha value is -1.39. The summed E-state index contributed by atoms with van der Waals surface area (Å²) in [5.74, 6) is 0.203. The molecule has 1 aliphatic heterocycles. The number of piperazine rings is 1. The first kappa shape index (κ1) is 16.0. The van der Waals surface area contributed by atoms with Crippen LogP contribution in [0.5, 0.6) is 0 Å². The molecule has 116 valence electrons. The van der Waals surface area contributed by atoms with Gasteiger partial charge in [-0.2, -0.15) is 0 Å². The molecular formula is C17H27N3O. The van der Waals surface area contributed by atoms with E-state index in [4.69, 9.17) is 0 Å². The van der Waals surface area contributed by atoms with Crippen LogP contribution in [0.15, 0.2) is 30.3 Å². The molecule has 2 atom stereocenters. The van der Waals surface area contributed by atoms with Crippen LogP contribution in [-0.4, -0.2) is 61.5 Å². The molecule has 1 aromatic rings. The van der Waals surface area contributed by atoms with Crippen LogP contribution >= 0.6 is 0 Å². The third kappa shape index (κ3) is 4.05. The third-order valence-electron chi connectivity index (χ3n) is 4.27. The SMILES string of the molecule is CCC(Cc1ccccc1)N1CCNCC1C(=O)N(C)C. The molecule has 0 aromatic heterocycles. The summed E-state index contributed by atoms with van der Waals surface area (Å²) in [6.45, 7) is 4.87. The van der Waals surface area contributed by atoms with Crippen LogP contribution in [0.4, 0.5) is 0 Å². The van der Waals surface area contributed by atoms with Crippen LogP contribution < -0.4 is 5.32 Å². The van der Waals surface area contributed by atoms with E-state index in [1.54, 1.807) is 4.90 Å². The molecule has 1 aromatic carbocycles. The smallest absolute Gasteiger partial charge is 0.240 e. The zero-order chi connectivity index (χ0) is 15.2. The fourth-order valence-electron chi connectivity index (χ4n) is 3.07. The lowest BCUT2D eigenvalue weighted by Gasteiger charge is -2.41. The maximum Gasteiger partial charge on any atom is 0.240 e. The van der Waals surface area contributed by atoms with Crippen molar-refractivity contribution in [3.05, 3.63) is 35.9 Å². The summed E-state index contributed by atoms with van der Waals surface area (Å²) in [5, 5.41) is 3.35. The number of hydrogen-bond donors (Lipinski definition) is 1. The zero-order valence-electron chi connectivity index (χ0n) is 13.4. The van der Waals surface area contributed by atoms with Crippen LogP contribution in [0, 0.1) is 0 Å². The predicted molar refractivity (Wildman–Crippen MR) is 86.3 cm³/mol. The topological polar surface area (TPSA) is 35.6 Å². The first-order valence-electron chi connectivity index (χ1n) is 7.85. The number of nitrogens with zero attached hydrogens (tertiary/aromatic N) is 2. The summed E-state index contributed by atoms with van der Waals surface area (Å²) in [6.07, 6.45) is 2.07. The molecule has 4 heteroatoms. The van der Waals surface area contributed by atoms with Gasteiger partial charge in [0.2, 0.25) is 5.91 Å². The van der Waals surface area contributed by atoms with Gasteiger partial charge < -0.3 is 10.2 Å². The molecule has 1 aliphatic rings. The summed E-state index contributed by atoms with van der Waals surface area (Å²) in [5.41, 5.74) is 1.35. The van der Waals surface area contributed by atoms with Crippen LogP contribution in [0.1, 0.15) is 18.9 Å². The molecule has 0 spiro atoms. The number of hydrogen-bond acceptors (Lipinski definition) is 3. The second-order valence-electron chi connectivity index (χ2n) is 5.94. The zero-order valence-corrected chi connectivity index (χ0v) is 13.4. The summed E-state index contributed by atoms with van der Waals surface area (Å²) in [6, 6.07) is 10.9. The van der Waals surface area contributed by atoms with Gasteiger partial charge in [-0.1, -0.05) is 37.3 Å². The van der Waals surface area contributed by atoms with Crippen molar-refractivity contribution < 1.29 is 4.79 Å². The Labute approximate surface area is 128 Å². The van der Waals surface area contributed by atoms with E-state index in [2.05, 4.69) is 41.4 Å². The van der Waals surface area contributed by atoms with Crippen LogP contribution in [0.2, 0.25) is 0 Å². The van der Waals surface area contributed by atoms with E-state index in [1.807, 2.05) is 20.2 Å². The Morgan fingerprint density at radius 3 is 2.71 bits per heavy atom. The van der Waals surface area contributed by atoms with Gasteiger partial charge in [0, 0.05) is 39.8 Å². The number of likely N-dealkylation sites (N-methyl/N-ethyl adjacent to an activating group) is 1. The molecule has 1 N–H and O–H groups in total. The van der Waals surface area contributed by atoms with Crippen LogP contribution in [0.25, 0.3) is 0 Å². The van der Waals surface area contributed by atoms with Crippen molar-refractivity contribution in [1.82, 2.24) is 15.1 Å². The summed E-state index contributed by atoms with van der Waals surface area (Å²) in [4.78, 5) is 16.5. The Bertz CT molecular complexity index is 447. The molecule has 1 amide bonds. The van der Waals surface area contributed by atoms with E-state index in [0.717, 1.165) is 32.5 Å². The Balaban J connectivity index is 2.12. The standard InChI is InChI=1S/C17H27N3O/c1-4-15(12-14-8-6-5-7-9-14)20-11-10-18-13-16(20)17(21)19(2)3/h5-9,15-16,18H,4,10-13H2,1-3H3. The minimum absolute atomic E-state index is 0.0394. The van der Waals surface area contributed by atoms with Crippen LogP contribution in [-0.2, 0) is 11.2 Å². The van der Waals surface area contributed by atoms with Gasteiger partial charge in [-0.05, 0) is 18.4 Å². The average Bonchev–Trinajstić information content (AvgIpc) is 2.53. The second-order valence-corrected chi connectivity index (χ2v) is 5.94. The largest absolute Gasteiger partial charge is 0.347 e. The lowest BCUT2D eigenvalue weighted by Crippen LogP contribution is -2.60. The highest BCUT2D eigenvalue weighted by atomic mass is 16.2. The number of rotatable bonds is 5. The highest BCUT2D eigenvalue weighted by Crippen LogP contribution is 2.17. The van der Waals surface area contributed by atoms with Gasteiger partial charge in [-0.15, -0.1) is 0 Å². The monoisotopic (exact) mass is 289 g/mol. The normalized spacial score (nSPS) is 21.0. The van der Waals surface area contributed by atoms with Crippen molar-refractivity contribution in [2.75, 3.05) is 33.7 Å². The molecule has 2 rings (SSSR count). The fraction of sp³-hybridized carbons (Fsp3) is 0.588. The Morgan fingerprint density at radius 1 is 1.38 bits per heavy atom. The Kier molecular flexibility index (Phi) is 5.76. The number of carbonyl (C=O) groups is 1. The van der Waals surface area contributed by atoms with Crippen molar-refractivity contribution in [1.29, 1.82) is 0 Å². The highest BCUT2D eigenvalue weighted by molar-refractivity contribution is 5.81. The van der Waals surface area contributed by atoms with Crippen molar-refractivity contribution >= 4 is 5.91 Å². The van der Waals surface area contributed by atoms with E-state index in [-0.39, 0.29) is 11.9 Å². The number of amides is 1. The maximum atomic E-state index is 12.4. The molecule has 0 radical (unpaired) electrons. The number of nitrogens with one attached hydrogen (secondary N) is 1. The first-order chi connectivity index (χ1) is 10.1. The van der Waals surface area contributed by atoms with E-state index >= 15 is 0 Å². The molecule has 0 saturated carbocycles. The van der Waals surface area contributed by atoms with E-state index in [1.165, 1.54) is 5.56 Å². The first-order valence-corrected chi connectivity index (χ1v) is 7.85. The van der Waals surface area contributed by atoms with Crippen molar-refractivity contribution in [3.8, 4) is 0 Å². The van der Waals surface area contributed by atoms with Crippen LogP contribution in [0.3, 0.4) is 0 Å². The van der Waals surface area contributed by atoms with E-state index in [0.29, 0.717) is 6.04 Å². The summed E-state index contributed by atoms with van der Waals surface area (Å²) < 4.78 is 0. The molecule has 1 saturated heterocycles. The molecule has 0 aliphatic carbocycles. The van der Waals surface area contributed by atoms with Crippen molar-refractivity contribution in [2.45, 2.75) is 31.8 Å². The fourth-order valence-corrected chi connectivity index (χ4v) is 3.07. The van der Waals surface area contributed by atoms with Crippen molar-refractivity contribution in [2.24, 2.45) is 0 Å². The average molecular weight is 289 g/mol. The molecule has 2 unspecified atom stereocenters. The molecule has 1 fully saturated rings. The molecule has 1 heterocycles. The predicted octanol–water partition coefficient (Wildman–Crippen LogP) is 1.37.